The maximum Gasteiger partial charge on any atom is 0.259 e. The van der Waals surface area contributed by atoms with Crippen LogP contribution < -0.4 is 15.8 Å². The second-order valence-electron chi connectivity index (χ2n) is 5.94. The number of carbonyl (C=O) groups excluding carboxylic acids is 1. The number of nitrogens with zero attached hydrogens (tertiary/aromatic N) is 4. The summed E-state index contributed by atoms with van der Waals surface area (Å²) in [6, 6.07) is 15.0. The third-order valence-corrected chi connectivity index (χ3v) is 4.11. The standard InChI is InChI=1S/C20H16N6O2/c1-28-16-10-13-6-3-2-5-12(13)9-15(16)17-23-19(21)26-20(24-17)25-18(27)14-7-4-8-22-11-14/h2-11H,1H3,(H3,21,23,24,25,26,27). The third-order valence-electron chi connectivity index (χ3n) is 4.11. The zero-order chi connectivity index (χ0) is 19.5. The number of rotatable bonds is 4. The van der Waals surface area contributed by atoms with E-state index in [1.54, 1.807) is 25.4 Å². The Morgan fingerprint density at radius 3 is 2.54 bits per heavy atom. The van der Waals surface area contributed by atoms with Crippen molar-refractivity contribution < 1.29 is 9.53 Å². The van der Waals surface area contributed by atoms with Crippen molar-refractivity contribution in [2.75, 3.05) is 18.2 Å². The smallest absolute Gasteiger partial charge is 0.259 e. The molecule has 2 heterocycles. The number of pyridine rings is 1. The van der Waals surface area contributed by atoms with Crippen LogP contribution in [-0.2, 0) is 0 Å². The summed E-state index contributed by atoms with van der Waals surface area (Å²) in [5.41, 5.74) is 6.88. The number of hydrogen-bond acceptors (Lipinski definition) is 7. The molecule has 0 aliphatic carbocycles. The lowest BCUT2D eigenvalue weighted by Gasteiger charge is -2.11. The Labute approximate surface area is 160 Å². The van der Waals surface area contributed by atoms with Gasteiger partial charge in [-0.2, -0.15) is 15.0 Å². The highest BCUT2D eigenvalue weighted by atomic mass is 16.5. The van der Waals surface area contributed by atoms with Crippen LogP contribution in [0.3, 0.4) is 0 Å². The van der Waals surface area contributed by atoms with Crippen molar-refractivity contribution in [2.24, 2.45) is 0 Å². The highest BCUT2D eigenvalue weighted by Crippen LogP contribution is 2.32. The minimum Gasteiger partial charge on any atom is -0.496 e. The molecule has 0 saturated carbocycles. The minimum atomic E-state index is -0.393. The van der Waals surface area contributed by atoms with Crippen LogP contribution in [0.4, 0.5) is 11.9 Å². The summed E-state index contributed by atoms with van der Waals surface area (Å²) < 4.78 is 5.50. The van der Waals surface area contributed by atoms with Gasteiger partial charge in [-0.25, -0.2) is 0 Å². The Hall–Kier alpha value is -4.07. The van der Waals surface area contributed by atoms with E-state index in [1.165, 1.54) is 6.20 Å². The summed E-state index contributed by atoms with van der Waals surface area (Å²) >= 11 is 0. The zero-order valence-electron chi connectivity index (χ0n) is 15.0. The molecule has 0 saturated heterocycles. The molecule has 0 aliphatic rings. The van der Waals surface area contributed by atoms with Gasteiger partial charge in [-0.3, -0.25) is 15.1 Å². The summed E-state index contributed by atoms with van der Waals surface area (Å²) in [6.07, 6.45) is 3.04. The largest absolute Gasteiger partial charge is 0.496 e. The summed E-state index contributed by atoms with van der Waals surface area (Å²) in [5, 5.41) is 4.64. The van der Waals surface area contributed by atoms with Crippen molar-refractivity contribution in [3.63, 3.8) is 0 Å². The van der Waals surface area contributed by atoms with Gasteiger partial charge in [-0.15, -0.1) is 0 Å². The molecule has 0 atom stereocenters. The normalized spacial score (nSPS) is 10.6. The molecule has 4 aromatic rings. The summed E-state index contributed by atoms with van der Waals surface area (Å²) in [4.78, 5) is 28.8. The molecule has 2 aromatic heterocycles. The van der Waals surface area contributed by atoms with Gasteiger partial charge in [0.25, 0.3) is 5.91 Å². The number of benzene rings is 2. The highest BCUT2D eigenvalue weighted by Gasteiger charge is 2.15. The third kappa shape index (κ3) is 3.43. The van der Waals surface area contributed by atoms with Crippen LogP contribution in [0.25, 0.3) is 22.2 Å². The minimum absolute atomic E-state index is 0.0123. The molecule has 0 bridgehead atoms. The van der Waals surface area contributed by atoms with Gasteiger partial charge in [-0.05, 0) is 35.0 Å². The SMILES string of the molecule is COc1cc2ccccc2cc1-c1nc(N)nc(NC(=O)c2cccnc2)n1. The topological polar surface area (TPSA) is 116 Å². The molecule has 2 aromatic carbocycles. The fourth-order valence-corrected chi connectivity index (χ4v) is 2.80. The van der Waals surface area contributed by atoms with E-state index in [1.807, 2.05) is 36.4 Å². The number of aromatic nitrogens is 4. The summed E-state index contributed by atoms with van der Waals surface area (Å²) in [5.74, 6) is 0.536. The Morgan fingerprint density at radius 2 is 1.82 bits per heavy atom. The van der Waals surface area contributed by atoms with Crippen molar-refractivity contribution in [3.05, 3.63) is 66.5 Å². The van der Waals surface area contributed by atoms with Crippen LogP contribution in [-0.4, -0.2) is 33.0 Å². The molecule has 4 rings (SSSR count). The Kier molecular flexibility index (Phi) is 4.51. The second kappa shape index (κ2) is 7.28. The van der Waals surface area contributed by atoms with E-state index in [-0.39, 0.29) is 11.9 Å². The number of anilines is 2. The molecule has 8 heteroatoms. The van der Waals surface area contributed by atoms with E-state index in [4.69, 9.17) is 10.5 Å². The lowest BCUT2D eigenvalue weighted by Crippen LogP contribution is -2.16. The van der Waals surface area contributed by atoms with E-state index >= 15 is 0 Å². The highest BCUT2D eigenvalue weighted by molar-refractivity contribution is 6.03. The first kappa shape index (κ1) is 17.3. The molecule has 0 fully saturated rings. The number of nitrogen functional groups attached to an aromatic ring is 1. The van der Waals surface area contributed by atoms with E-state index in [0.717, 1.165) is 10.8 Å². The predicted octanol–water partition coefficient (Wildman–Crippen LogP) is 2.93. The van der Waals surface area contributed by atoms with Crippen LogP contribution >= 0.6 is 0 Å². The van der Waals surface area contributed by atoms with Gasteiger partial charge in [0.05, 0.1) is 18.2 Å². The average Bonchev–Trinajstić information content (AvgIpc) is 2.73. The van der Waals surface area contributed by atoms with E-state index < -0.39 is 5.91 Å². The number of ether oxygens (including phenoxy) is 1. The van der Waals surface area contributed by atoms with Gasteiger partial charge in [0, 0.05) is 12.4 Å². The van der Waals surface area contributed by atoms with Crippen LogP contribution in [0.1, 0.15) is 10.4 Å². The predicted molar refractivity (Wildman–Crippen MR) is 106 cm³/mol. The molecule has 1 amide bonds. The lowest BCUT2D eigenvalue weighted by atomic mass is 10.1. The van der Waals surface area contributed by atoms with Crippen molar-refractivity contribution in [3.8, 4) is 17.1 Å². The van der Waals surface area contributed by atoms with E-state index in [0.29, 0.717) is 22.7 Å². The molecule has 0 spiro atoms. The molecule has 0 unspecified atom stereocenters. The van der Waals surface area contributed by atoms with Crippen molar-refractivity contribution in [1.29, 1.82) is 0 Å². The number of hydrogen-bond donors (Lipinski definition) is 2. The number of methoxy groups -OCH3 is 1. The monoisotopic (exact) mass is 372 g/mol. The summed E-state index contributed by atoms with van der Waals surface area (Å²) in [7, 11) is 1.57. The number of amides is 1. The number of nitrogens with two attached hydrogens (primary N) is 1. The molecule has 138 valence electrons. The maximum atomic E-state index is 12.4. The fourth-order valence-electron chi connectivity index (χ4n) is 2.80. The lowest BCUT2D eigenvalue weighted by molar-refractivity contribution is 0.102. The Morgan fingerprint density at radius 1 is 1.04 bits per heavy atom. The molecular weight excluding hydrogens is 356 g/mol. The Balaban J connectivity index is 1.75. The van der Waals surface area contributed by atoms with Gasteiger partial charge >= 0.3 is 0 Å². The van der Waals surface area contributed by atoms with Crippen LogP contribution in [0.5, 0.6) is 5.75 Å². The molecule has 28 heavy (non-hydrogen) atoms. The van der Waals surface area contributed by atoms with Crippen LogP contribution in [0.15, 0.2) is 60.9 Å². The quantitative estimate of drug-likeness (QED) is 0.566. The molecule has 0 aliphatic heterocycles. The van der Waals surface area contributed by atoms with Crippen molar-refractivity contribution in [2.45, 2.75) is 0 Å². The number of nitrogens with one attached hydrogen (secondary N) is 1. The second-order valence-corrected chi connectivity index (χ2v) is 5.94. The Bertz CT molecular complexity index is 1160. The zero-order valence-corrected chi connectivity index (χ0v) is 15.0. The first-order valence-electron chi connectivity index (χ1n) is 8.44. The van der Waals surface area contributed by atoms with E-state index in [9.17, 15) is 4.79 Å². The summed E-state index contributed by atoms with van der Waals surface area (Å²) in [6.45, 7) is 0. The molecule has 3 N–H and O–H groups in total. The van der Waals surface area contributed by atoms with Gasteiger partial charge in [0.2, 0.25) is 11.9 Å². The maximum absolute atomic E-state index is 12.4. The van der Waals surface area contributed by atoms with Gasteiger partial charge in [0.1, 0.15) is 5.75 Å². The fraction of sp³-hybridized carbons (Fsp3) is 0.0500. The molecule has 8 nitrogen and oxygen atoms in total. The number of fused-ring (bicyclic) bond motifs is 1. The van der Waals surface area contributed by atoms with Crippen LogP contribution in [0.2, 0.25) is 0 Å². The van der Waals surface area contributed by atoms with E-state index in [2.05, 4.69) is 25.3 Å². The van der Waals surface area contributed by atoms with Crippen molar-refractivity contribution >= 4 is 28.6 Å². The average molecular weight is 372 g/mol. The van der Waals surface area contributed by atoms with Gasteiger partial charge in [-0.1, -0.05) is 24.3 Å². The molecule has 0 radical (unpaired) electrons. The first-order valence-corrected chi connectivity index (χ1v) is 8.44. The van der Waals surface area contributed by atoms with Gasteiger partial charge in [0.15, 0.2) is 5.82 Å². The van der Waals surface area contributed by atoms with Crippen molar-refractivity contribution in [1.82, 2.24) is 19.9 Å². The van der Waals surface area contributed by atoms with Gasteiger partial charge < -0.3 is 10.5 Å². The number of carbonyl (C=O) groups is 1. The first-order chi connectivity index (χ1) is 13.6. The van der Waals surface area contributed by atoms with Crippen LogP contribution in [0, 0.1) is 0 Å². The molecular formula is C20H16N6O2.